The Labute approximate surface area is 112 Å². The normalized spacial score (nSPS) is 12.1. The molecule has 0 aliphatic rings. The van der Waals surface area contributed by atoms with Crippen LogP contribution >= 0.6 is 0 Å². The third-order valence-corrected chi connectivity index (χ3v) is 3.06. The molecule has 4 heteroatoms. The number of aromatic hydroxyl groups is 3. The molecule has 19 heavy (non-hydrogen) atoms. The number of benzene rings is 2. The van der Waals surface area contributed by atoms with Crippen molar-refractivity contribution in [1.82, 2.24) is 0 Å². The number of phenolic OH excluding ortho intramolecular Hbond substituents is 3. The molecule has 2 aromatic carbocycles. The molecule has 100 valence electrons. The first-order valence-corrected chi connectivity index (χ1v) is 6.05. The number of rotatable bonds is 3. The molecule has 0 aliphatic heterocycles. The van der Waals surface area contributed by atoms with E-state index in [9.17, 15) is 15.3 Å². The Bertz CT molecular complexity index is 596. The number of hydrogen-bond acceptors (Lipinski definition) is 4. The van der Waals surface area contributed by atoms with Gasteiger partial charge < -0.3 is 20.6 Å². The van der Waals surface area contributed by atoms with Gasteiger partial charge in [-0.3, -0.25) is 0 Å². The van der Waals surface area contributed by atoms with Gasteiger partial charge in [-0.2, -0.15) is 0 Å². The maximum atomic E-state index is 9.80. The lowest BCUT2D eigenvalue weighted by molar-refractivity contribution is 0.444. The number of nitrogens with one attached hydrogen (secondary N) is 1. The second kappa shape index (κ2) is 5.10. The van der Waals surface area contributed by atoms with Crippen molar-refractivity contribution in [2.45, 2.75) is 19.9 Å². The van der Waals surface area contributed by atoms with Crippen molar-refractivity contribution in [3.8, 4) is 17.2 Å². The molecule has 0 aliphatic carbocycles. The maximum absolute atomic E-state index is 9.80. The van der Waals surface area contributed by atoms with Crippen molar-refractivity contribution < 1.29 is 15.3 Å². The fourth-order valence-electron chi connectivity index (χ4n) is 1.97. The lowest BCUT2D eigenvalue weighted by Crippen LogP contribution is -2.06. The summed E-state index contributed by atoms with van der Waals surface area (Å²) < 4.78 is 0. The summed E-state index contributed by atoms with van der Waals surface area (Å²) in [5.74, 6) is 0.343. The molecule has 0 saturated heterocycles. The number of hydrogen-bond donors (Lipinski definition) is 4. The van der Waals surface area contributed by atoms with Gasteiger partial charge in [0.1, 0.15) is 17.2 Å². The molecule has 0 amide bonds. The van der Waals surface area contributed by atoms with Gasteiger partial charge in [0.15, 0.2) is 0 Å². The average molecular weight is 259 g/mol. The second-order valence-electron chi connectivity index (χ2n) is 4.61. The highest BCUT2D eigenvalue weighted by molar-refractivity contribution is 5.53. The third-order valence-electron chi connectivity index (χ3n) is 3.06. The molecule has 0 fully saturated rings. The van der Waals surface area contributed by atoms with E-state index in [4.69, 9.17) is 0 Å². The van der Waals surface area contributed by atoms with Crippen molar-refractivity contribution in [2.24, 2.45) is 0 Å². The maximum Gasteiger partial charge on any atom is 0.124 e. The molecule has 1 atom stereocenters. The predicted molar refractivity (Wildman–Crippen MR) is 74.7 cm³/mol. The minimum absolute atomic E-state index is 0.0360. The van der Waals surface area contributed by atoms with Gasteiger partial charge in [0.25, 0.3) is 0 Å². The molecule has 0 bridgehead atoms. The van der Waals surface area contributed by atoms with E-state index in [-0.39, 0.29) is 23.3 Å². The highest BCUT2D eigenvalue weighted by atomic mass is 16.3. The molecule has 4 N–H and O–H groups in total. The summed E-state index contributed by atoms with van der Waals surface area (Å²) in [6, 6.07) is 9.64. The SMILES string of the molecule is Cc1cc(NC(C)c2ccc(O)cc2O)ccc1O. The van der Waals surface area contributed by atoms with E-state index in [1.165, 1.54) is 12.1 Å². The molecule has 2 rings (SSSR count). The fourth-order valence-corrected chi connectivity index (χ4v) is 1.97. The van der Waals surface area contributed by atoms with Crippen molar-refractivity contribution >= 4 is 5.69 Å². The van der Waals surface area contributed by atoms with Gasteiger partial charge in [0.2, 0.25) is 0 Å². The first-order valence-electron chi connectivity index (χ1n) is 6.05. The molecule has 1 unspecified atom stereocenters. The van der Waals surface area contributed by atoms with Crippen LogP contribution in [0, 0.1) is 6.92 Å². The van der Waals surface area contributed by atoms with Crippen LogP contribution in [0.3, 0.4) is 0 Å². The van der Waals surface area contributed by atoms with E-state index in [1.54, 1.807) is 18.2 Å². The van der Waals surface area contributed by atoms with E-state index >= 15 is 0 Å². The van der Waals surface area contributed by atoms with Gasteiger partial charge in [0.05, 0.1) is 6.04 Å². The smallest absolute Gasteiger partial charge is 0.124 e. The van der Waals surface area contributed by atoms with E-state index in [2.05, 4.69) is 5.32 Å². The zero-order valence-electron chi connectivity index (χ0n) is 10.9. The topological polar surface area (TPSA) is 72.7 Å². The van der Waals surface area contributed by atoms with Crippen LogP contribution in [0.4, 0.5) is 5.69 Å². The molecule has 2 aromatic rings. The Morgan fingerprint density at radius 3 is 2.32 bits per heavy atom. The summed E-state index contributed by atoms with van der Waals surface area (Å²) in [6.07, 6.45) is 0. The largest absolute Gasteiger partial charge is 0.508 e. The van der Waals surface area contributed by atoms with E-state index in [0.717, 1.165) is 11.3 Å². The van der Waals surface area contributed by atoms with Crippen LogP contribution < -0.4 is 5.32 Å². The Balaban J connectivity index is 2.20. The van der Waals surface area contributed by atoms with Crippen LogP contribution in [0.25, 0.3) is 0 Å². The molecule has 0 aromatic heterocycles. The van der Waals surface area contributed by atoms with Crippen LogP contribution in [0.15, 0.2) is 36.4 Å². The monoisotopic (exact) mass is 259 g/mol. The van der Waals surface area contributed by atoms with Gasteiger partial charge in [-0.05, 0) is 49.7 Å². The molecule has 0 heterocycles. The summed E-state index contributed by atoms with van der Waals surface area (Å²) >= 11 is 0. The predicted octanol–water partition coefficient (Wildman–Crippen LogP) is 3.28. The summed E-state index contributed by atoms with van der Waals surface area (Å²) in [5, 5.41) is 31.8. The molecular formula is C15H17NO3. The van der Waals surface area contributed by atoms with Gasteiger partial charge >= 0.3 is 0 Å². The van der Waals surface area contributed by atoms with Crippen LogP contribution in [0.1, 0.15) is 24.1 Å². The highest BCUT2D eigenvalue weighted by Gasteiger charge is 2.11. The fraction of sp³-hybridized carbons (Fsp3) is 0.200. The second-order valence-corrected chi connectivity index (χ2v) is 4.61. The quantitative estimate of drug-likeness (QED) is 0.638. The van der Waals surface area contributed by atoms with Gasteiger partial charge in [-0.15, -0.1) is 0 Å². The zero-order chi connectivity index (χ0) is 14.0. The van der Waals surface area contributed by atoms with E-state index < -0.39 is 0 Å². The van der Waals surface area contributed by atoms with Gasteiger partial charge in [0, 0.05) is 17.3 Å². The van der Waals surface area contributed by atoms with Crippen LogP contribution in [0.5, 0.6) is 17.2 Å². The number of aryl methyl sites for hydroxylation is 1. The first kappa shape index (κ1) is 13.1. The molecule has 0 radical (unpaired) electrons. The number of phenols is 3. The van der Waals surface area contributed by atoms with Crippen LogP contribution in [-0.2, 0) is 0 Å². The summed E-state index contributed by atoms with van der Waals surface area (Å²) in [6.45, 7) is 3.73. The van der Waals surface area contributed by atoms with Crippen LogP contribution in [0.2, 0.25) is 0 Å². The Morgan fingerprint density at radius 1 is 0.947 bits per heavy atom. The van der Waals surface area contributed by atoms with Crippen molar-refractivity contribution in [3.05, 3.63) is 47.5 Å². The summed E-state index contributed by atoms with van der Waals surface area (Å²) in [4.78, 5) is 0. The molecular weight excluding hydrogens is 242 g/mol. The van der Waals surface area contributed by atoms with E-state index in [1.807, 2.05) is 19.9 Å². The van der Waals surface area contributed by atoms with Gasteiger partial charge in [-0.25, -0.2) is 0 Å². The molecule has 4 nitrogen and oxygen atoms in total. The molecule has 0 spiro atoms. The highest BCUT2D eigenvalue weighted by Crippen LogP contribution is 2.30. The lowest BCUT2D eigenvalue weighted by atomic mass is 10.1. The lowest BCUT2D eigenvalue weighted by Gasteiger charge is -2.17. The number of anilines is 1. The first-order chi connectivity index (χ1) is 8.97. The summed E-state index contributed by atoms with van der Waals surface area (Å²) in [7, 11) is 0. The van der Waals surface area contributed by atoms with Crippen molar-refractivity contribution in [3.63, 3.8) is 0 Å². The minimum atomic E-state index is -0.121. The Kier molecular flexibility index (Phi) is 3.51. The van der Waals surface area contributed by atoms with Gasteiger partial charge in [-0.1, -0.05) is 0 Å². The van der Waals surface area contributed by atoms with Crippen molar-refractivity contribution in [1.29, 1.82) is 0 Å². The zero-order valence-corrected chi connectivity index (χ0v) is 10.9. The van der Waals surface area contributed by atoms with Crippen LogP contribution in [-0.4, -0.2) is 15.3 Å². The molecule has 0 saturated carbocycles. The third kappa shape index (κ3) is 2.91. The summed E-state index contributed by atoms with van der Waals surface area (Å²) in [5.41, 5.74) is 2.34. The minimum Gasteiger partial charge on any atom is -0.508 e. The standard InChI is InChI=1S/C15H17NO3/c1-9-7-11(3-6-14(9)18)16-10(2)13-5-4-12(17)8-15(13)19/h3-8,10,16-19H,1-2H3. The van der Waals surface area contributed by atoms with E-state index in [0.29, 0.717) is 5.56 Å². The Morgan fingerprint density at radius 2 is 1.68 bits per heavy atom. The Hall–Kier alpha value is -2.36. The average Bonchev–Trinajstić information content (AvgIpc) is 2.33. The van der Waals surface area contributed by atoms with Crippen molar-refractivity contribution in [2.75, 3.05) is 5.32 Å².